The molecule has 1 aliphatic carbocycles. The molecule has 1 aromatic rings. The number of hydrogen-bond acceptors (Lipinski definition) is 8. The maximum atomic E-state index is 14.2. The third kappa shape index (κ3) is 10.4. The molecule has 13 nitrogen and oxygen atoms in total. The Labute approximate surface area is 307 Å². The van der Waals surface area contributed by atoms with Crippen LogP contribution in [0.4, 0.5) is 0 Å². The number of carbonyl (C=O) groups excluding carboxylic acids is 4. The number of methoxy groups -OCH3 is 2. The quantitative estimate of drug-likeness (QED) is 0.158. The zero-order chi connectivity index (χ0) is 38.2. The number of rotatable bonds is 20. The van der Waals surface area contributed by atoms with Gasteiger partial charge in [0.05, 0.1) is 49.2 Å². The molecule has 4 amide bonds. The molecule has 4 N–H and O–H groups in total. The Balaban J connectivity index is 1.74. The van der Waals surface area contributed by atoms with E-state index in [2.05, 4.69) is 16.0 Å². The SMILES string of the molecule is CC[C@H](C)C(C(CC(=O)N1[C@H](C(OC)[C@@H](C)C(=O)NC(Cc2ccccc2Cl)C(=O)O)C[C@@H]2C[C@@H]21)OC)N(C)C(=O)CNC(=O)C(NC)C(C)C. The third-order valence-corrected chi connectivity index (χ3v) is 11.2. The van der Waals surface area contributed by atoms with Crippen LogP contribution in [0.5, 0.6) is 0 Å². The number of fused-ring (bicyclic) bond motifs is 1. The lowest BCUT2D eigenvalue weighted by Gasteiger charge is -2.40. The minimum atomic E-state index is -1.21. The normalized spacial score (nSPS) is 22.2. The molecular weight excluding hydrogens is 678 g/mol. The van der Waals surface area contributed by atoms with Gasteiger partial charge in [-0.1, -0.05) is 70.8 Å². The van der Waals surface area contributed by atoms with Gasteiger partial charge in [-0.15, -0.1) is 0 Å². The van der Waals surface area contributed by atoms with Crippen molar-refractivity contribution in [3.8, 4) is 0 Å². The monoisotopic (exact) mass is 735 g/mol. The molecule has 286 valence electrons. The minimum Gasteiger partial charge on any atom is -0.480 e. The number of piperidine rings is 1. The highest BCUT2D eigenvalue weighted by Gasteiger charge is 2.57. The van der Waals surface area contributed by atoms with Crippen LogP contribution < -0.4 is 16.0 Å². The standard InChI is InChI=1S/C37H58ClN5O8/c1-10-21(4)33(42(7)31(45)19-40-36(47)32(39-6)20(2)3)29(50-8)18-30(44)43-27-16-24(27)17-28(43)34(51-9)22(5)35(46)41-26(37(48)49)15-23-13-11-12-14-25(23)38/h11-14,20-22,24,26-29,32-34,39H,10,15-19H2,1-9H3,(H,40,47)(H,41,46)(H,48,49)/t21-,22+,24-,26?,27-,28-,29?,32?,33?,34?/m0/s1. The maximum absolute atomic E-state index is 14.2. The molecule has 1 aliphatic heterocycles. The van der Waals surface area contributed by atoms with Crippen LogP contribution in [0.3, 0.4) is 0 Å². The predicted octanol–water partition coefficient (Wildman–Crippen LogP) is 2.73. The van der Waals surface area contributed by atoms with Crippen molar-refractivity contribution in [3.05, 3.63) is 34.9 Å². The van der Waals surface area contributed by atoms with Crippen LogP contribution in [-0.4, -0.2) is 122 Å². The van der Waals surface area contributed by atoms with Gasteiger partial charge in [0.1, 0.15) is 6.04 Å². The molecular formula is C37H58ClN5O8. The largest absolute Gasteiger partial charge is 0.480 e. The maximum Gasteiger partial charge on any atom is 0.326 e. The van der Waals surface area contributed by atoms with E-state index in [9.17, 15) is 29.1 Å². The molecule has 10 atom stereocenters. The van der Waals surface area contributed by atoms with Crippen LogP contribution in [0.25, 0.3) is 0 Å². The third-order valence-electron chi connectivity index (χ3n) is 10.8. The van der Waals surface area contributed by atoms with Gasteiger partial charge < -0.3 is 40.3 Å². The van der Waals surface area contributed by atoms with Crippen LogP contribution in [0.1, 0.15) is 65.9 Å². The first-order valence-electron chi connectivity index (χ1n) is 17.9. The van der Waals surface area contributed by atoms with Crippen LogP contribution in [0.2, 0.25) is 5.02 Å². The summed E-state index contributed by atoms with van der Waals surface area (Å²) in [5.74, 6) is -2.89. The average molecular weight is 736 g/mol. The number of ether oxygens (including phenoxy) is 2. The minimum absolute atomic E-state index is 0.000316. The molecule has 5 unspecified atom stereocenters. The number of amides is 4. The summed E-state index contributed by atoms with van der Waals surface area (Å²) >= 11 is 6.26. The highest BCUT2D eigenvalue weighted by Crippen LogP contribution is 2.50. The summed E-state index contributed by atoms with van der Waals surface area (Å²) in [4.78, 5) is 69.4. The lowest BCUT2D eigenvalue weighted by Crippen LogP contribution is -2.56. The number of hydrogen-bond donors (Lipinski definition) is 4. The molecule has 1 heterocycles. The number of nitrogens with one attached hydrogen (secondary N) is 3. The number of carboxylic acids is 1. The fraction of sp³-hybridized carbons (Fsp3) is 0.703. The highest BCUT2D eigenvalue weighted by molar-refractivity contribution is 6.31. The zero-order valence-electron chi connectivity index (χ0n) is 31.5. The number of benzene rings is 1. The van der Waals surface area contributed by atoms with Crippen LogP contribution >= 0.6 is 11.6 Å². The lowest BCUT2D eigenvalue weighted by molar-refractivity contribution is -0.148. The van der Waals surface area contributed by atoms with E-state index in [1.165, 1.54) is 14.2 Å². The second kappa shape index (κ2) is 19.0. The van der Waals surface area contributed by atoms with Crippen molar-refractivity contribution in [3.63, 3.8) is 0 Å². The summed E-state index contributed by atoms with van der Waals surface area (Å²) in [6.07, 6.45) is 0.913. The highest BCUT2D eigenvalue weighted by atomic mass is 35.5. The van der Waals surface area contributed by atoms with E-state index < -0.39 is 54.2 Å². The number of nitrogens with zero attached hydrogens (tertiary/aromatic N) is 2. The van der Waals surface area contributed by atoms with Crippen molar-refractivity contribution in [1.29, 1.82) is 0 Å². The van der Waals surface area contributed by atoms with Gasteiger partial charge in [-0.2, -0.15) is 0 Å². The second-order valence-corrected chi connectivity index (χ2v) is 14.8. The molecule has 0 aromatic heterocycles. The van der Waals surface area contributed by atoms with Crippen LogP contribution in [0.15, 0.2) is 24.3 Å². The van der Waals surface area contributed by atoms with Crippen molar-refractivity contribution in [2.24, 2.45) is 23.7 Å². The van der Waals surface area contributed by atoms with E-state index in [1.54, 1.807) is 50.2 Å². The number of carbonyl (C=O) groups is 5. The molecule has 2 fully saturated rings. The molecule has 51 heavy (non-hydrogen) atoms. The number of aliphatic carboxylic acids is 1. The van der Waals surface area contributed by atoms with Crippen LogP contribution in [-0.2, 0) is 39.9 Å². The molecule has 1 saturated heterocycles. The summed E-state index contributed by atoms with van der Waals surface area (Å²) in [6.45, 7) is 9.35. The van der Waals surface area contributed by atoms with Gasteiger partial charge in [-0.05, 0) is 49.3 Å². The van der Waals surface area contributed by atoms with E-state index in [4.69, 9.17) is 21.1 Å². The lowest BCUT2D eigenvalue weighted by atomic mass is 9.90. The molecule has 0 spiro atoms. The fourth-order valence-electron chi connectivity index (χ4n) is 7.58. The average Bonchev–Trinajstić information content (AvgIpc) is 3.75. The van der Waals surface area contributed by atoms with E-state index in [1.807, 2.05) is 32.6 Å². The van der Waals surface area contributed by atoms with Gasteiger partial charge in [0.2, 0.25) is 23.6 Å². The van der Waals surface area contributed by atoms with Gasteiger partial charge in [0, 0.05) is 38.8 Å². The molecule has 0 bridgehead atoms. The first kappa shape index (κ1) is 42.2. The zero-order valence-corrected chi connectivity index (χ0v) is 32.2. The Bertz CT molecular complexity index is 1380. The van der Waals surface area contributed by atoms with Crippen LogP contribution in [0, 0.1) is 23.7 Å². The first-order chi connectivity index (χ1) is 24.1. The predicted molar refractivity (Wildman–Crippen MR) is 194 cm³/mol. The van der Waals surface area contributed by atoms with E-state index >= 15 is 0 Å². The molecule has 3 rings (SSSR count). The van der Waals surface area contributed by atoms with Gasteiger partial charge in [-0.3, -0.25) is 19.2 Å². The Morgan fingerprint density at radius 1 is 1.04 bits per heavy atom. The van der Waals surface area contributed by atoms with Gasteiger partial charge in [-0.25, -0.2) is 4.79 Å². The Hall–Kier alpha value is -3.26. The summed E-state index contributed by atoms with van der Waals surface area (Å²) in [7, 11) is 6.40. The number of carboxylic acid groups (broad SMARTS) is 1. The number of likely N-dealkylation sites (N-methyl/N-ethyl adjacent to an activating group) is 2. The first-order valence-corrected chi connectivity index (χ1v) is 18.3. The molecule has 2 aliphatic rings. The molecule has 1 saturated carbocycles. The number of halogens is 1. The van der Waals surface area contributed by atoms with Gasteiger partial charge in [0.15, 0.2) is 0 Å². The summed E-state index contributed by atoms with van der Waals surface area (Å²) in [5.41, 5.74) is 0.601. The smallest absolute Gasteiger partial charge is 0.326 e. The van der Waals surface area contributed by atoms with Crippen molar-refractivity contribution in [2.45, 2.75) is 109 Å². The van der Waals surface area contributed by atoms with Crippen molar-refractivity contribution < 1.29 is 38.6 Å². The Morgan fingerprint density at radius 3 is 2.25 bits per heavy atom. The van der Waals surface area contributed by atoms with E-state index in [0.717, 1.165) is 12.8 Å². The second-order valence-electron chi connectivity index (χ2n) is 14.4. The van der Waals surface area contributed by atoms with Gasteiger partial charge in [0.25, 0.3) is 0 Å². The Kier molecular flexibility index (Phi) is 15.7. The summed E-state index contributed by atoms with van der Waals surface area (Å²) in [5, 5.41) is 18.7. The molecule has 14 heteroatoms. The van der Waals surface area contributed by atoms with Crippen molar-refractivity contribution in [2.75, 3.05) is 34.9 Å². The fourth-order valence-corrected chi connectivity index (χ4v) is 7.79. The molecule has 0 radical (unpaired) electrons. The van der Waals surface area contributed by atoms with E-state index in [-0.39, 0.29) is 60.9 Å². The van der Waals surface area contributed by atoms with Crippen molar-refractivity contribution in [1.82, 2.24) is 25.8 Å². The molecule has 1 aromatic carbocycles. The Morgan fingerprint density at radius 2 is 1.71 bits per heavy atom. The van der Waals surface area contributed by atoms with E-state index in [0.29, 0.717) is 17.0 Å². The summed E-state index contributed by atoms with van der Waals surface area (Å²) < 4.78 is 11.8. The van der Waals surface area contributed by atoms with Gasteiger partial charge >= 0.3 is 5.97 Å². The summed E-state index contributed by atoms with van der Waals surface area (Å²) in [6, 6.07) is 4.40. The number of likely N-dealkylation sites (tertiary alicyclic amines) is 1. The topological polar surface area (TPSA) is 167 Å². The van der Waals surface area contributed by atoms with Crippen molar-refractivity contribution >= 4 is 41.2 Å².